The molecule has 0 saturated carbocycles. The van der Waals surface area contributed by atoms with Crippen molar-refractivity contribution in [2.75, 3.05) is 12.4 Å². The summed E-state index contributed by atoms with van der Waals surface area (Å²) >= 11 is 6.71. The fraction of sp³-hybridized carbons (Fsp3) is 0.200. The number of nitrogens with one attached hydrogen (secondary N) is 1. The number of methoxy groups -OCH3 is 1. The maximum Gasteiger partial charge on any atom is 0.412 e. The highest BCUT2D eigenvalue weighted by Gasteiger charge is 2.30. The van der Waals surface area contributed by atoms with E-state index in [0.717, 1.165) is 16.8 Å². The first-order valence-electron chi connectivity index (χ1n) is 10.4. The van der Waals surface area contributed by atoms with Crippen LogP contribution in [0.4, 0.5) is 10.5 Å². The lowest BCUT2D eigenvalue weighted by molar-refractivity contribution is -0.131. The lowest BCUT2D eigenvalue weighted by atomic mass is 9.99. The Bertz CT molecular complexity index is 1210. The summed E-state index contributed by atoms with van der Waals surface area (Å²) in [4.78, 5) is 23.7. The number of ether oxygens (including phenoxy) is 2. The van der Waals surface area contributed by atoms with Gasteiger partial charge in [-0.25, -0.2) is 9.59 Å². The van der Waals surface area contributed by atoms with Crippen LogP contribution in [0.2, 0.25) is 0 Å². The molecule has 3 rings (SSSR count). The Kier molecular flexibility index (Phi) is 9.09. The van der Waals surface area contributed by atoms with Gasteiger partial charge in [-0.15, -0.1) is 0 Å². The summed E-state index contributed by atoms with van der Waals surface area (Å²) in [5, 5.41) is 24.1. The molecule has 0 unspecified atom stereocenters. The van der Waals surface area contributed by atoms with Gasteiger partial charge < -0.3 is 19.7 Å². The van der Waals surface area contributed by atoms with E-state index in [1.54, 1.807) is 18.2 Å². The van der Waals surface area contributed by atoms with E-state index >= 15 is 0 Å². The zero-order chi connectivity index (χ0) is 24.7. The summed E-state index contributed by atoms with van der Waals surface area (Å²) < 4.78 is 12.5. The number of halogens is 2. The highest BCUT2D eigenvalue weighted by atomic mass is 79.9. The molecule has 0 spiro atoms. The average Bonchev–Trinajstić information content (AvgIpc) is 2.80. The number of carbonyl (C=O) groups is 2. The molecular formula is C25H23Br2NO6. The number of carboxylic acid groups (broad SMARTS) is 1. The number of allylic oxidation sites excluding steroid dienone is 1. The van der Waals surface area contributed by atoms with Crippen molar-refractivity contribution in [2.24, 2.45) is 0 Å². The summed E-state index contributed by atoms with van der Waals surface area (Å²) in [5.74, 6) is -1.14. The minimum atomic E-state index is -1.05. The second-order valence-electron chi connectivity index (χ2n) is 7.40. The number of amides is 1. The van der Waals surface area contributed by atoms with E-state index in [2.05, 4.69) is 37.2 Å². The van der Waals surface area contributed by atoms with Gasteiger partial charge in [-0.3, -0.25) is 5.32 Å². The van der Waals surface area contributed by atoms with Crippen LogP contribution >= 0.6 is 31.9 Å². The van der Waals surface area contributed by atoms with Crippen LogP contribution < -0.4 is 5.32 Å². The van der Waals surface area contributed by atoms with E-state index in [-0.39, 0.29) is 5.75 Å². The molecule has 0 fully saturated rings. The molecule has 34 heavy (non-hydrogen) atoms. The van der Waals surface area contributed by atoms with Crippen LogP contribution in [0.3, 0.4) is 0 Å². The monoisotopic (exact) mass is 591 g/mol. The Balaban J connectivity index is 1.89. The first-order chi connectivity index (χ1) is 16.3. The van der Waals surface area contributed by atoms with Crippen LogP contribution in [0.5, 0.6) is 5.75 Å². The third-order valence-electron chi connectivity index (χ3n) is 5.14. The molecule has 3 aromatic rings. The van der Waals surface area contributed by atoms with Crippen molar-refractivity contribution < 1.29 is 29.3 Å². The SMILES string of the molecule is CO[C@@H](CC/C=C/C(=O)O)[C@@H](OC(=O)Nc1cccc2ccccc12)c1cc(Br)cc(Br)c1O. The van der Waals surface area contributed by atoms with Gasteiger partial charge in [0.25, 0.3) is 0 Å². The van der Waals surface area contributed by atoms with Crippen LogP contribution in [0, 0.1) is 0 Å². The summed E-state index contributed by atoms with van der Waals surface area (Å²) in [6.07, 6.45) is 0.888. The third-order valence-corrected chi connectivity index (χ3v) is 6.21. The lowest BCUT2D eigenvalue weighted by Crippen LogP contribution is -2.28. The molecule has 0 aromatic heterocycles. The Morgan fingerprint density at radius 3 is 2.59 bits per heavy atom. The van der Waals surface area contributed by atoms with E-state index < -0.39 is 24.3 Å². The van der Waals surface area contributed by atoms with Gasteiger partial charge in [-0.05, 0) is 52.4 Å². The van der Waals surface area contributed by atoms with Gasteiger partial charge in [0.15, 0.2) is 6.10 Å². The minimum absolute atomic E-state index is 0.0886. The zero-order valence-corrected chi connectivity index (χ0v) is 21.4. The topological polar surface area (TPSA) is 105 Å². The number of aliphatic carboxylic acids is 1. The predicted octanol–water partition coefficient (Wildman–Crippen LogP) is 6.80. The zero-order valence-electron chi connectivity index (χ0n) is 18.2. The first kappa shape index (κ1) is 25.7. The van der Waals surface area contributed by atoms with Crippen molar-refractivity contribution >= 4 is 60.4 Å². The van der Waals surface area contributed by atoms with Crippen molar-refractivity contribution in [3.05, 3.63) is 81.3 Å². The van der Waals surface area contributed by atoms with Crippen molar-refractivity contribution in [1.29, 1.82) is 0 Å². The van der Waals surface area contributed by atoms with Gasteiger partial charge in [0.05, 0.1) is 16.3 Å². The van der Waals surface area contributed by atoms with Gasteiger partial charge >= 0.3 is 12.1 Å². The lowest BCUT2D eigenvalue weighted by Gasteiger charge is -2.27. The largest absolute Gasteiger partial charge is 0.506 e. The van der Waals surface area contributed by atoms with Crippen LogP contribution in [0.15, 0.2) is 75.7 Å². The fourth-order valence-electron chi connectivity index (χ4n) is 3.57. The molecule has 9 heteroatoms. The molecule has 3 aromatic carbocycles. The van der Waals surface area contributed by atoms with E-state index in [1.807, 2.05) is 36.4 Å². The number of rotatable bonds is 9. The van der Waals surface area contributed by atoms with Crippen LogP contribution in [0.1, 0.15) is 24.5 Å². The maximum absolute atomic E-state index is 13.0. The summed E-state index contributed by atoms with van der Waals surface area (Å²) in [6, 6.07) is 16.5. The highest BCUT2D eigenvalue weighted by Crippen LogP contribution is 2.39. The summed E-state index contributed by atoms with van der Waals surface area (Å²) in [7, 11) is 1.47. The Labute approximate surface area is 213 Å². The van der Waals surface area contributed by atoms with E-state index in [4.69, 9.17) is 14.6 Å². The quantitative estimate of drug-likeness (QED) is 0.236. The number of benzene rings is 3. The minimum Gasteiger partial charge on any atom is -0.506 e. The molecule has 3 N–H and O–H groups in total. The molecule has 0 aliphatic heterocycles. The number of carboxylic acids is 1. The number of anilines is 1. The first-order valence-corrected chi connectivity index (χ1v) is 11.9. The van der Waals surface area contributed by atoms with E-state index in [9.17, 15) is 14.7 Å². The van der Waals surface area contributed by atoms with Gasteiger partial charge in [-0.2, -0.15) is 0 Å². The van der Waals surface area contributed by atoms with Crippen molar-refractivity contribution in [3.8, 4) is 5.75 Å². The van der Waals surface area contributed by atoms with Crippen molar-refractivity contribution in [2.45, 2.75) is 25.0 Å². The number of aromatic hydroxyl groups is 1. The number of carbonyl (C=O) groups excluding carboxylic acids is 1. The molecule has 0 aliphatic rings. The molecule has 2 atom stereocenters. The van der Waals surface area contributed by atoms with Crippen LogP contribution in [-0.2, 0) is 14.3 Å². The van der Waals surface area contributed by atoms with Crippen molar-refractivity contribution in [1.82, 2.24) is 0 Å². The standard InChI is InChI=1S/C25H23Br2NO6/c1-33-21(11-4-5-12-22(29)30)24(18-13-16(26)14-19(27)23(18)31)34-25(32)28-20-10-6-8-15-7-2-3-9-17(15)20/h2-3,5-10,12-14,21,24,31H,4,11H2,1H3,(H,28,32)(H,29,30)/b12-5+/t21-,24-/m0/s1. The number of phenolic OH excluding ortho intramolecular Hbond substituents is 1. The molecule has 0 radical (unpaired) electrons. The molecule has 0 bridgehead atoms. The average molecular weight is 593 g/mol. The normalized spacial score (nSPS) is 13.0. The smallest absolute Gasteiger partial charge is 0.412 e. The van der Waals surface area contributed by atoms with Gasteiger partial charge in [0, 0.05) is 28.6 Å². The summed E-state index contributed by atoms with van der Waals surface area (Å²) in [5.41, 5.74) is 0.920. The number of phenols is 1. The maximum atomic E-state index is 13.0. The molecule has 178 valence electrons. The predicted molar refractivity (Wildman–Crippen MR) is 137 cm³/mol. The molecule has 0 heterocycles. The molecule has 0 saturated heterocycles. The van der Waals surface area contributed by atoms with Gasteiger partial charge in [0.2, 0.25) is 0 Å². The molecule has 7 nitrogen and oxygen atoms in total. The van der Waals surface area contributed by atoms with Gasteiger partial charge in [0.1, 0.15) is 5.75 Å². The Morgan fingerprint density at radius 1 is 1.12 bits per heavy atom. The molecular weight excluding hydrogens is 570 g/mol. The summed E-state index contributed by atoms with van der Waals surface area (Å²) in [6.45, 7) is 0. The van der Waals surface area contributed by atoms with E-state index in [0.29, 0.717) is 33.0 Å². The highest BCUT2D eigenvalue weighted by molar-refractivity contribution is 9.11. The number of hydrogen-bond acceptors (Lipinski definition) is 5. The fourth-order valence-corrected chi connectivity index (χ4v) is 4.83. The Morgan fingerprint density at radius 2 is 1.85 bits per heavy atom. The van der Waals surface area contributed by atoms with Gasteiger partial charge in [-0.1, -0.05) is 58.4 Å². The Hall–Kier alpha value is -2.88. The second-order valence-corrected chi connectivity index (χ2v) is 9.17. The molecule has 1 amide bonds. The third kappa shape index (κ3) is 6.59. The number of hydrogen-bond donors (Lipinski definition) is 3. The van der Waals surface area contributed by atoms with E-state index in [1.165, 1.54) is 13.2 Å². The van der Waals surface area contributed by atoms with Crippen molar-refractivity contribution in [3.63, 3.8) is 0 Å². The molecule has 0 aliphatic carbocycles. The van der Waals surface area contributed by atoms with Crippen LogP contribution in [0.25, 0.3) is 10.8 Å². The van der Waals surface area contributed by atoms with Crippen LogP contribution in [-0.4, -0.2) is 35.5 Å². The second kappa shape index (κ2) is 12.0. The number of fused-ring (bicyclic) bond motifs is 1.